The molecule has 0 aliphatic rings. The number of carbonyl (C=O) groups excluding carboxylic acids is 1. The molecule has 1 amide bonds. The summed E-state index contributed by atoms with van der Waals surface area (Å²) in [5.41, 5.74) is 2.89. The summed E-state index contributed by atoms with van der Waals surface area (Å²) < 4.78 is 0. The molecular formula is C20H24N2O3. The fourth-order valence-electron chi connectivity index (χ4n) is 2.51. The maximum absolute atomic E-state index is 12.3. The van der Waals surface area contributed by atoms with E-state index in [1.54, 1.807) is 12.1 Å². The van der Waals surface area contributed by atoms with Gasteiger partial charge in [0.05, 0.1) is 4.92 Å². The van der Waals surface area contributed by atoms with Crippen LogP contribution in [-0.2, 0) is 5.41 Å². The molecule has 0 bridgehead atoms. The molecule has 2 rings (SSSR count). The second kappa shape index (κ2) is 7.47. The summed E-state index contributed by atoms with van der Waals surface area (Å²) >= 11 is 0. The quantitative estimate of drug-likeness (QED) is 0.646. The van der Waals surface area contributed by atoms with E-state index < -0.39 is 4.92 Å². The molecule has 0 fully saturated rings. The van der Waals surface area contributed by atoms with Crippen LogP contribution in [0.25, 0.3) is 0 Å². The van der Waals surface area contributed by atoms with E-state index in [1.165, 1.54) is 17.7 Å². The number of rotatable bonds is 5. The van der Waals surface area contributed by atoms with Gasteiger partial charge in [-0.1, -0.05) is 52.0 Å². The Morgan fingerprint density at radius 2 is 1.64 bits per heavy atom. The highest BCUT2D eigenvalue weighted by Gasteiger charge is 2.15. The summed E-state index contributed by atoms with van der Waals surface area (Å²) in [5.74, 6) is -0.0483. The zero-order valence-corrected chi connectivity index (χ0v) is 15.1. The molecule has 1 N–H and O–H groups in total. The minimum absolute atomic E-state index is 0.0550. The first-order valence-corrected chi connectivity index (χ1v) is 8.31. The number of hydrogen-bond donors (Lipinski definition) is 1. The molecule has 0 saturated heterocycles. The lowest BCUT2D eigenvalue weighted by Gasteiger charge is -2.19. The van der Waals surface area contributed by atoms with Crippen molar-refractivity contribution in [3.8, 4) is 0 Å². The van der Waals surface area contributed by atoms with Gasteiger partial charge in [-0.2, -0.15) is 0 Å². The highest BCUT2D eigenvalue weighted by Crippen LogP contribution is 2.22. The molecule has 0 radical (unpaired) electrons. The standard InChI is InChI=1S/C20H24N2O3/c1-14(15-7-11-18(12-8-15)22(24)25)13-21-19(23)16-5-9-17(10-6-16)20(2,3)4/h5-12,14H,13H2,1-4H3,(H,21,23). The number of nitrogens with one attached hydrogen (secondary N) is 1. The highest BCUT2D eigenvalue weighted by atomic mass is 16.6. The fraction of sp³-hybridized carbons (Fsp3) is 0.350. The number of hydrogen-bond acceptors (Lipinski definition) is 3. The van der Waals surface area contributed by atoms with E-state index in [2.05, 4.69) is 26.1 Å². The summed E-state index contributed by atoms with van der Waals surface area (Å²) in [5, 5.41) is 13.6. The third-order valence-electron chi connectivity index (χ3n) is 4.25. The zero-order chi connectivity index (χ0) is 18.6. The van der Waals surface area contributed by atoms with Gasteiger partial charge >= 0.3 is 0 Å². The van der Waals surface area contributed by atoms with Crippen molar-refractivity contribution in [3.63, 3.8) is 0 Å². The molecule has 0 heterocycles. The van der Waals surface area contributed by atoms with Crippen LogP contribution >= 0.6 is 0 Å². The average molecular weight is 340 g/mol. The van der Waals surface area contributed by atoms with E-state index in [-0.39, 0.29) is 22.9 Å². The van der Waals surface area contributed by atoms with Crippen molar-refractivity contribution >= 4 is 11.6 Å². The summed E-state index contributed by atoms with van der Waals surface area (Å²) in [4.78, 5) is 22.6. The molecular weight excluding hydrogens is 316 g/mol. The van der Waals surface area contributed by atoms with Crippen LogP contribution in [-0.4, -0.2) is 17.4 Å². The Morgan fingerprint density at radius 3 is 2.12 bits per heavy atom. The van der Waals surface area contributed by atoms with Crippen molar-refractivity contribution in [2.75, 3.05) is 6.54 Å². The third-order valence-corrected chi connectivity index (χ3v) is 4.25. The maximum atomic E-state index is 12.3. The first-order chi connectivity index (χ1) is 11.7. The number of nitro benzene ring substituents is 1. The van der Waals surface area contributed by atoms with Crippen molar-refractivity contribution in [1.82, 2.24) is 5.32 Å². The fourth-order valence-corrected chi connectivity index (χ4v) is 2.51. The van der Waals surface area contributed by atoms with E-state index in [9.17, 15) is 14.9 Å². The minimum atomic E-state index is -0.419. The Hall–Kier alpha value is -2.69. The van der Waals surface area contributed by atoms with Crippen LogP contribution in [0.3, 0.4) is 0 Å². The van der Waals surface area contributed by atoms with Crippen LogP contribution in [0.15, 0.2) is 48.5 Å². The van der Waals surface area contributed by atoms with Crippen molar-refractivity contribution in [3.05, 3.63) is 75.3 Å². The Kier molecular flexibility index (Phi) is 5.57. The summed E-state index contributed by atoms with van der Waals surface area (Å²) in [7, 11) is 0. The SMILES string of the molecule is CC(CNC(=O)c1ccc(C(C)(C)C)cc1)c1ccc([N+](=O)[O-])cc1. The van der Waals surface area contributed by atoms with Gasteiger partial charge in [0.1, 0.15) is 0 Å². The van der Waals surface area contributed by atoms with Crippen molar-refractivity contribution in [2.45, 2.75) is 39.0 Å². The van der Waals surface area contributed by atoms with Gasteiger partial charge in [0, 0.05) is 24.2 Å². The zero-order valence-electron chi connectivity index (χ0n) is 15.1. The van der Waals surface area contributed by atoms with Crippen molar-refractivity contribution in [2.24, 2.45) is 0 Å². The third kappa shape index (κ3) is 4.89. The highest BCUT2D eigenvalue weighted by molar-refractivity contribution is 5.94. The van der Waals surface area contributed by atoms with E-state index in [4.69, 9.17) is 0 Å². The van der Waals surface area contributed by atoms with Gasteiger partial charge < -0.3 is 5.32 Å². The second-order valence-corrected chi connectivity index (χ2v) is 7.29. The molecule has 25 heavy (non-hydrogen) atoms. The minimum Gasteiger partial charge on any atom is -0.351 e. The van der Waals surface area contributed by atoms with E-state index in [0.717, 1.165) is 5.56 Å². The van der Waals surface area contributed by atoms with Crippen LogP contribution in [0.1, 0.15) is 55.1 Å². The largest absolute Gasteiger partial charge is 0.351 e. The molecule has 2 aromatic rings. The van der Waals surface area contributed by atoms with Crippen molar-refractivity contribution < 1.29 is 9.72 Å². The molecule has 5 nitrogen and oxygen atoms in total. The van der Waals surface area contributed by atoms with E-state index in [1.807, 2.05) is 31.2 Å². The molecule has 0 aliphatic heterocycles. The smallest absolute Gasteiger partial charge is 0.269 e. The van der Waals surface area contributed by atoms with Gasteiger partial charge in [0.2, 0.25) is 0 Å². The number of benzene rings is 2. The lowest BCUT2D eigenvalue weighted by molar-refractivity contribution is -0.384. The molecule has 132 valence electrons. The Bertz CT molecular complexity index is 744. The van der Waals surface area contributed by atoms with Gasteiger partial charge in [-0.3, -0.25) is 14.9 Å². The van der Waals surface area contributed by atoms with Crippen LogP contribution in [0.2, 0.25) is 0 Å². The molecule has 1 unspecified atom stereocenters. The first-order valence-electron chi connectivity index (χ1n) is 8.31. The van der Waals surface area contributed by atoms with Gasteiger partial charge in [-0.15, -0.1) is 0 Å². The number of amides is 1. The predicted octanol–water partition coefficient (Wildman–Crippen LogP) is 4.43. The maximum Gasteiger partial charge on any atom is 0.269 e. The number of carbonyl (C=O) groups is 1. The number of non-ortho nitro benzene ring substituents is 1. The Morgan fingerprint density at radius 1 is 1.08 bits per heavy atom. The van der Waals surface area contributed by atoms with Crippen LogP contribution in [0.4, 0.5) is 5.69 Å². The Labute approximate surface area is 148 Å². The Balaban J connectivity index is 1.95. The average Bonchev–Trinajstić information content (AvgIpc) is 2.58. The predicted molar refractivity (Wildman–Crippen MR) is 99.0 cm³/mol. The molecule has 2 aromatic carbocycles. The molecule has 0 saturated carbocycles. The molecule has 0 aliphatic carbocycles. The second-order valence-electron chi connectivity index (χ2n) is 7.29. The molecule has 5 heteroatoms. The number of nitro groups is 1. The van der Waals surface area contributed by atoms with Gasteiger partial charge in [0.15, 0.2) is 0 Å². The lowest BCUT2D eigenvalue weighted by Crippen LogP contribution is -2.27. The van der Waals surface area contributed by atoms with Crippen LogP contribution < -0.4 is 5.32 Å². The van der Waals surface area contributed by atoms with Crippen molar-refractivity contribution in [1.29, 1.82) is 0 Å². The van der Waals surface area contributed by atoms with Crippen LogP contribution in [0.5, 0.6) is 0 Å². The lowest BCUT2D eigenvalue weighted by atomic mass is 9.86. The van der Waals surface area contributed by atoms with Gasteiger partial charge in [-0.25, -0.2) is 0 Å². The summed E-state index contributed by atoms with van der Waals surface area (Å²) in [6.07, 6.45) is 0. The van der Waals surface area contributed by atoms with E-state index in [0.29, 0.717) is 12.1 Å². The molecule has 1 atom stereocenters. The van der Waals surface area contributed by atoms with Gasteiger partial charge in [0.25, 0.3) is 11.6 Å². The van der Waals surface area contributed by atoms with Gasteiger partial charge in [-0.05, 0) is 34.6 Å². The molecule has 0 spiro atoms. The summed E-state index contributed by atoms with van der Waals surface area (Å²) in [6, 6.07) is 14.1. The summed E-state index contributed by atoms with van der Waals surface area (Å²) in [6.45, 7) is 8.84. The number of nitrogens with zero attached hydrogens (tertiary/aromatic N) is 1. The first kappa shape index (κ1) is 18.6. The monoisotopic (exact) mass is 340 g/mol. The molecule has 0 aromatic heterocycles. The topological polar surface area (TPSA) is 72.2 Å². The van der Waals surface area contributed by atoms with Crippen LogP contribution in [0, 0.1) is 10.1 Å². The van der Waals surface area contributed by atoms with E-state index >= 15 is 0 Å². The normalized spacial score (nSPS) is 12.5.